The van der Waals surface area contributed by atoms with E-state index < -0.39 is 0 Å². The topological polar surface area (TPSA) is 0 Å². The van der Waals surface area contributed by atoms with Crippen LogP contribution in [0.1, 0.15) is 33.6 Å². The van der Waals surface area contributed by atoms with Crippen molar-refractivity contribution in [3.05, 3.63) is 24.8 Å². The summed E-state index contributed by atoms with van der Waals surface area (Å²) in [5, 5.41) is 0. The fourth-order valence-corrected chi connectivity index (χ4v) is 0.812. The maximum atomic E-state index is 3.89. The Morgan fingerprint density at radius 3 is 2.30 bits per heavy atom. The normalized spacial score (nSPS) is 11.1. The van der Waals surface area contributed by atoms with E-state index in [-0.39, 0.29) is 0 Å². The second-order valence-corrected chi connectivity index (χ2v) is 3.56. The molecule has 0 rings (SSSR count). The Hall–Kier alpha value is -0.520. The molecule has 10 heavy (non-hydrogen) atoms. The molecule has 0 radical (unpaired) electrons. The third-order valence-corrected chi connectivity index (χ3v) is 1.95. The van der Waals surface area contributed by atoms with Gasteiger partial charge in [0.1, 0.15) is 0 Å². The van der Waals surface area contributed by atoms with Crippen molar-refractivity contribution in [2.45, 2.75) is 33.6 Å². The summed E-state index contributed by atoms with van der Waals surface area (Å²) in [4.78, 5) is 0. The second kappa shape index (κ2) is 3.60. The fraction of sp³-hybridized carbons (Fsp3) is 0.600. The monoisotopic (exact) mass is 138 g/mol. The van der Waals surface area contributed by atoms with Crippen LogP contribution in [-0.4, -0.2) is 0 Å². The molecule has 0 unspecified atom stereocenters. The van der Waals surface area contributed by atoms with Crippen molar-refractivity contribution >= 4 is 0 Å². The molecule has 0 spiro atoms. The van der Waals surface area contributed by atoms with Crippen LogP contribution >= 0.6 is 0 Å². The Balaban J connectivity index is 3.87. The first-order chi connectivity index (χ1) is 4.52. The van der Waals surface area contributed by atoms with Crippen molar-refractivity contribution < 1.29 is 0 Å². The lowest BCUT2D eigenvalue weighted by Gasteiger charge is -2.22. The third-order valence-electron chi connectivity index (χ3n) is 1.95. The van der Waals surface area contributed by atoms with Gasteiger partial charge in [-0.3, -0.25) is 0 Å². The highest BCUT2D eigenvalue weighted by Gasteiger charge is 2.14. The number of hydrogen-bond donors (Lipinski definition) is 0. The molecule has 0 amide bonds. The molecule has 0 nitrogen and oxygen atoms in total. The largest absolute Gasteiger partial charge is 0.0988 e. The van der Waals surface area contributed by atoms with E-state index in [0.29, 0.717) is 5.41 Å². The zero-order chi connectivity index (χ0) is 8.20. The Labute approximate surface area is 64.6 Å². The van der Waals surface area contributed by atoms with Gasteiger partial charge in [-0.05, 0) is 11.8 Å². The standard InChI is InChI=1S/C10H18/c1-6-9(3)8-10(4,5)7-2/h6H,1,3,7-8H2,2,4-5H3. The quantitative estimate of drug-likeness (QED) is 0.521. The lowest BCUT2D eigenvalue weighted by molar-refractivity contribution is 0.351. The minimum atomic E-state index is 0.394. The Morgan fingerprint density at radius 1 is 1.50 bits per heavy atom. The van der Waals surface area contributed by atoms with Crippen LogP contribution in [0.25, 0.3) is 0 Å². The van der Waals surface area contributed by atoms with Gasteiger partial charge in [-0.2, -0.15) is 0 Å². The molecule has 0 heteroatoms. The first kappa shape index (κ1) is 9.48. The number of allylic oxidation sites excluding steroid dienone is 2. The Bertz CT molecular complexity index is 129. The molecule has 0 fully saturated rings. The molecular formula is C10H18. The smallest absolute Gasteiger partial charge is 0.0233 e. The van der Waals surface area contributed by atoms with Crippen molar-refractivity contribution in [1.82, 2.24) is 0 Å². The minimum Gasteiger partial charge on any atom is -0.0988 e. The Morgan fingerprint density at radius 2 is 2.00 bits per heavy atom. The van der Waals surface area contributed by atoms with Gasteiger partial charge in [-0.1, -0.05) is 52.0 Å². The van der Waals surface area contributed by atoms with Gasteiger partial charge < -0.3 is 0 Å². The van der Waals surface area contributed by atoms with Gasteiger partial charge in [-0.15, -0.1) is 0 Å². The van der Waals surface area contributed by atoms with Crippen molar-refractivity contribution in [3.8, 4) is 0 Å². The van der Waals surface area contributed by atoms with Gasteiger partial charge in [0.2, 0.25) is 0 Å². The van der Waals surface area contributed by atoms with Crippen LogP contribution in [-0.2, 0) is 0 Å². The van der Waals surface area contributed by atoms with Gasteiger partial charge in [-0.25, -0.2) is 0 Å². The number of hydrogen-bond acceptors (Lipinski definition) is 0. The lowest BCUT2D eigenvalue weighted by Crippen LogP contribution is -2.09. The zero-order valence-corrected chi connectivity index (χ0v) is 7.41. The Kier molecular flexibility index (Phi) is 3.41. The summed E-state index contributed by atoms with van der Waals surface area (Å²) >= 11 is 0. The predicted molar refractivity (Wildman–Crippen MR) is 48.0 cm³/mol. The molecule has 0 aromatic rings. The maximum Gasteiger partial charge on any atom is -0.0233 e. The van der Waals surface area contributed by atoms with Crippen LogP contribution in [0, 0.1) is 5.41 Å². The fourth-order valence-electron chi connectivity index (χ4n) is 0.812. The van der Waals surface area contributed by atoms with E-state index in [1.165, 1.54) is 6.42 Å². The van der Waals surface area contributed by atoms with Crippen LogP contribution in [0.2, 0.25) is 0 Å². The highest BCUT2D eigenvalue weighted by molar-refractivity contribution is 5.12. The van der Waals surface area contributed by atoms with E-state index in [1.54, 1.807) is 0 Å². The maximum absolute atomic E-state index is 3.89. The summed E-state index contributed by atoms with van der Waals surface area (Å²) in [5.74, 6) is 0. The highest BCUT2D eigenvalue weighted by Crippen LogP contribution is 2.27. The van der Waals surface area contributed by atoms with E-state index in [2.05, 4.69) is 33.9 Å². The molecule has 0 N–H and O–H groups in total. The minimum absolute atomic E-state index is 0.394. The average molecular weight is 138 g/mol. The van der Waals surface area contributed by atoms with Gasteiger partial charge >= 0.3 is 0 Å². The van der Waals surface area contributed by atoms with Crippen LogP contribution in [0.15, 0.2) is 24.8 Å². The average Bonchev–Trinajstić information content (AvgIpc) is 1.87. The van der Waals surface area contributed by atoms with Crippen molar-refractivity contribution in [1.29, 1.82) is 0 Å². The first-order valence-electron chi connectivity index (χ1n) is 3.82. The van der Waals surface area contributed by atoms with E-state index in [4.69, 9.17) is 0 Å². The molecule has 0 saturated heterocycles. The zero-order valence-electron chi connectivity index (χ0n) is 7.41. The van der Waals surface area contributed by atoms with Crippen molar-refractivity contribution in [2.24, 2.45) is 5.41 Å². The highest BCUT2D eigenvalue weighted by atomic mass is 14.2. The summed E-state index contributed by atoms with van der Waals surface area (Å²) in [6, 6.07) is 0. The lowest BCUT2D eigenvalue weighted by atomic mass is 9.84. The van der Waals surface area contributed by atoms with Crippen LogP contribution in [0.3, 0.4) is 0 Å². The second-order valence-electron chi connectivity index (χ2n) is 3.56. The van der Waals surface area contributed by atoms with E-state index in [0.717, 1.165) is 12.0 Å². The van der Waals surface area contributed by atoms with Crippen LogP contribution < -0.4 is 0 Å². The van der Waals surface area contributed by atoms with Gasteiger partial charge in [0.25, 0.3) is 0 Å². The van der Waals surface area contributed by atoms with E-state index in [9.17, 15) is 0 Å². The first-order valence-corrected chi connectivity index (χ1v) is 3.82. The van der Waals surface area contributed by atoms with E-state index in [1.807, 2.05) is 6.08 Å². The van der Waals surface area contributed by atoms with Crippen LogP contribution in [0.5, 0.6) is 0 Å². The molecule has 0 aromatic carbocycles. The van der Waals surface area contributed by atoms with Crippen molar-refractivity contribution in [2.75, 3.05) is 0 Å². The molecule has 0 aliphatic rings. The third kappa shape index (κ3) is 3.49. The van der Waals surface area contributed by atoms with Crippen molar-refractivity contribution in [3.63, 3.8) is 0 Å². The van der Waals surface area contributed by atoms with Gasteiger partial charge in [0.15, 0.2) is 0 Å². The molecule has 0 aliphatic heterocycles. The van der Waals surface area contributed by atoms with E-state index >= 15 is 0 Å². The molecule has 0 saturated carbocycles. The summed E-state index contributed by atoms with van der Waals surface area (Å²) < 4.78 is 0. The molecule has 58 valence electrons. The SMILES string of the molecule is C=CC(=C)CC(C)(C)CC. The summed E-state index contributed by atoms with van der Waals surface area (Å²) in [7, 11) is 0. The summed E-state index contributed by atoms with van der Waals surface area (Å²) in [5.41, 5.74) is 1.54. The summed E-state index contributed by atoms with van der Waals surface area (Å²) in [6.07, 6.45) is 4.10. The van der Waals surface area contributed by atoms with Crippen LogP contribution in [0.4, 0.5) is 0 Å². The molecule has 0 atom stereocenters. The van der Waals surface area contributed by atoms with Gasteiger partial charge in [0.05, 0.1) is 0 Å². The summed E-state index contributed by atoms with van der Waals surface area (Å²) in [6.45, 7) is 14.3. The molecule has 0 aliphatic carbocycles. The molecule has 0 aromatic heterocycles. The molecule has 0 heterocycles. The predicted octanol–water partition coefficient (Wildman–Crippen LogP) is 3.55. The molecule has 0 bridgehead atoms. The number of rotatable bonds is 4. The van der Waals surface area contributed by atoms with Gasteiger partial charge in [0, 0.05) is 0 Å². The molecular weight excluding hydrogens is 120 g/mol.